The van der Waals surface area contributed by atoms with Crippen LogP contribution in [0, 0.1) is 3.57 Å². The van der Waals surface area contributed by atoms with E-state index >= 15 is 0 Å². The first-order chi connectivity index (χ1) is 7.50. The minimum atomic E-state index is -1.02. The maximum absolute atomic E-state index is 10.9. The molecule has 0 aliphatic rings. The third kappa shape index (κ3) is 3.80. The van der Waals surface area contributed by atoms with Gasteiger partial charge in [-0.1, -0.05) is 18.2 Å². The maximum atomic E-state index is 10.9. The average Bonchev–Trinajstić information content (AvgIpc) is 2.19. The first-order valence-corrected chi connectivity index (χ1v) is 5.82. The van der Waals surface area contributed by atoms with Crippen molar-refractivity contribution in [2.75, 3.05) is 0 Å². The van der Waals surface area contributed by atoms with Crippen LogP contribution in [-0.2, 0) is 16.0 Å². The molecule has 2 N–H and O–H groups in total. The summed E-state index contributed by atoms with van der Waals surface area (Å²) in [5, 5.41) is 11.4. The molecule has 0 aliphatic heterocycles. The Morgan fingerprint density at radius 3 is 2.56 bits per heavy atom. The normalized spacial score (nSPS) is 11.9. The van der Waals surface area contributed by atoms with Crippen LogP contribution in [0.1, 0.15) is 12.5 Å². The molecule has 0 bridgehead atoms. The van der Waals surface area contributed by atoms with Crippen LogP contribution in [0.2, 0.25) is 0 Å². The molecule has 16 heavy (non-hydrogen) atoms. The van der Waals surface area contributed by atoms with E-state index in [1.54, 1.807) is 0 Å². The minimum Gasteiger partial charge on any atom is -0.480 e. The van der Waals surface area contributed by atoms with E-state index in [9.17, 15) is 9.59 Å². The van der Waals surface area contributed by atoms with Crippen molar-refractivity contribution in [3.63, 3.8) is 0 Å². The Balaban J connectivity index is 2.80. The van der Waals surface area contributed by atoms with E-state index in [2.05, 4.69) is 27.9 Å². The van der Waals surface area contributed by atoms with Gasteiger partial charge in [-0.15, -0.1) is 0 Å². The molecule has 1 atom stereocenters. The van der Waals surface area contributed by atoms with E-state index < -0.39 is 12.0 Å². The van der Waals surface area contributed by atoms with E-state index in [4.69, 9.17) is 5.11 Å². The van der Waals surface area contributed by atoms with Crippen LogP contribution in [0.4, 0.5) is 0 Å². The van der Waals surface area contributed by atoms with Gasteiger partial charge in [-0.25, -0.2) is 4.79 Å². The summed E-state index contributed by atoms with van der Waals surface area (Å²) < 4.78 is 0.997. The number of aliphatic carboxylic acids is 1. The molecule has 0 saturated heterocycles. The Hall–Kier alpha value is -1.11. The number of hydrogen-bond donors (Lipinski definition) is 2. The molecule has 86 valence electrons. The van der Waals surface area contributed by atoms with Gasteiger partial charge in [-0.3, -0.25) is 4.79 Å². The molecular formula is C11H12INO3. The highest BCUT2D eigenvalue weighted by Gasteiger charge is 2.19. The van der Waals surface area contributed by atoms with Crippen LogP contribution in [0.3, 0.4) is 0 Å². The van der Waals surface area contributed by atoms with Crippen molar-refractivity contribution in [1.82, 2.24) is 5.32 Å². The molecule has 5 heteroatoms. The first kappa shape index (κ1) is 13.0. The number of rotatable bonds is 4. The number of halogens is 1. The molecule has 1 amide bonds. The molecule has 0 fully saturated rings. The summed E-state index contributed by atoms with van der Waals surface area (Å²) in [6, 6.07) is 6.64. The number of nitrogens with one attached hydrogen (secondary N) is 1. The molecule has 0 unspecified atom stereocenters. The summed E-state index contributed by atoms with van der Waals surface area (Å²) in [7, 11) is 0. The number of hydrogen-bond acceptors (Lipinski definition) is 2. The van der Waals surface area contributed by atoms with Crippen molar-refractivity contribution in [3.8, 4) is 0 Å². The topological polar surface area (TPSA) is 66.4 Å². The largest absolute Gasteiger partial charge is 0.480 e. The summed E-state index contributed by atoms with van der Waals surface area (Å²) in [6.07, 6.45) is 0.300. The van der Waals surface area contributed by atoms with E-state index in [1.165, 1.54) is 6.92 Å². The van der Waals surface area contributed by atoms with E-state index in [-0.39, 0.29) is 5.91 Å². The van der Waals surface area contributed by atoms with Gasteiger partial charge in [0.1, 0.15) is 6.04 Å². The lowest BCUT2D eigenvalue weighted by Crippen LogP contribution is -2.41. The molecule has 0 aliphatic carbocycles. The lowest BCUT2D eigenvalue weighted by Gasteiger charge is -2.14. The van der Waals surface area contributed by atoms with Gasteiger partial charge in [-0.05, 0) is 34.2 Å². The van der Waals surface area contributed by atoms with Crippen LogP contribution < -0.4 is 5.32 Å². The van der Waals surface area contributed by atoms with Crippen LogP contribution >= 0.6 is 22.6 Å². The summed E-state index contributed by atoms with van der Waals surface area (Å²) in [5.74, 6) is -1.35. The van der Waals surface area contributed by atoms with Crippen LogP contribution in [-0.4, -0.2) is 23.0 Å². The van der Waals surface area contributed by atoms with Gasteiger partial charge in [0.25, 0.3) is 0 Å². The van der Waals surface area contributed by atoms with E-state index in [0.717, 1.165) is 9.13 Å². The fourth-order valence-electron chi connectivity index (χ4n) is 1.33. The van der Waals surface area contributed by atoms with Crippen molar-refractivity contribution in [2.45, 2.75) is 19.4 Å². The smallest absolute Gasteiger partial charge is 0.326 e. The second kappa shape index (κ2) is 5.83. The Labute approximate surface area is 107 Å². The monoisotopic (exact) mass is 333 g/mol. The molecular weight excluding hydrogens is 321 g/mol. The second-order valence-corrected chi connectivity index (χ2v) is 4.55. The van der Waals surface area contributed by atoms with Crippen LogP contribution in [0.5, 0.6) is 0 Å². The highest BCUT2D eigenvalue weighted by Crippen LogP contribution is 2.13. The van der Waals surface area contributed by atoms with E-state index in [0.29, 0.717) is 6.42 Å². The molecule has 1 aromatic rings. The Kier molecular flexibility index (Phi) is 4.72. The van der Waals surface area contributed by atoms with Crippen molar-refractivity contribution in [3.05, 3.63) is 33.4 Å². The van der Waals surface area contributed by atoms with Gasteiger partial charge >= 0.3 is 5.97 Å². The van der Waals surface area contributed by atoms with Crippen molar-refractivity contribution >= 4 is 34.5 Å². The molecule has 4 nitrogen and oxygen atoms in total. The van der Waals surface area contributed by atoms with Gasteiger partial charge in [0.2, 0.25) is 5.91 Å². The quantitative estimate of drug-likeness (QED) is 0.819. The fourth-order valence-corrected chi connectivity index (χ4v) is 1.94. The van der Waals surface area contributed by atoms with Crippen LogP contribution in [0.15, 0.2) is 24.3 Å². The molecule has 0 spiro atoms. The number of benzene rings is 1. The zero-order valence-corrected chi connectivity index (χ0v) is 10.9. The zero-order chi connectivity index (χ0) is 12.1. The molecule has 0 aromatic heterocycles. The average molecular weight is 333 g/mol. The Morgan fingerprint density at radius 1 is 1.44 bits per heavy atom. The standard InChI is InChI=1S/C11H12INO3/c1-7(14)13-10(11(15)16)6-8-4-2-3-5-9(8)12/h2-5,10H,6H2,1H3,(H,13,14)(H,15,16)/t10-/m1/s1. The number of carboxylic acids is 1. The van der Waals surface area contributed by atoms with Gasteiger partial charge in [0.05, 0.1) is 0 Å². The predicted molar refractivity (Wildman–Crippen MR) is 68.1 cm³/mol. The van der Waals surface area contributed by atoms with Crippen molar-refractivity contribution in [1.29, 1.82) is 0 Å². The number of carbonyl (C=O) groups excluding carboxylic acids is 1. The minimum absolute atomic E-state index is 0.300. The predicted octanol–water partition coefficient (Wildman–Crippen LogP) is 1.42. The van der Waals surface area contributed by atoms with Gasteiger partial charge in [-0.2, -0.15) is 0 Å². The van der Waals surface area contributed by atoms with Gasteiger partial charge in [0.15, 0.2) is 0 Å². The SMILES string of the molecule is CC(=O)N[C@H](Cc1ccccc1I)C(=O)O. The summed E-state index contributed by atoms with van der Waals surface area (Å²) in [5.41, 5.74) is 0.921. The molecule has 1 rings (SSSR count). The molecule has 1 aromatic carbocycles. The fraction of sp³-hybridized carbons (Fsp3) is 0.273. The number of carbonyl (C=O) groups is 2. The number of carboxylic acid groups (broad SMARTS) is 1. The molecule has 0 radical (unpaired) electrons. The lowest BCUT2D eigenvalue weighted by molar-refractivity contribution is -0.141. The van der Waals surface area contributed by atoms with Gasteiger partial charge < -0.3 is 10.4 Å². The Morgan fingerprint density at radius 2 is 2.06 bits per heavy atom. The summed E-state index contributed by atoms with van der Waals surface area (Å²) >= 11 is 2.15. The summed E-state index contributed by atoms with van der Waals surface area (Å²) in [6.45, 7) is 1.31. The highest BCUT2D eigenvalue weighted by atomic mass is 127. The van der Waals surface area contributed by atoms with Gasteiger partial charge in [0, 0.05) is 16.9 Å². The van der Waals surface area contributed by atoms with Crippen molar-refractivity contribution < 1.29 is 14.7 Å². The third-order valence-electron chi connectivity index (χ3n) is 2.06. The second-order valence-electron chi connectivity index (χ2n) is 3.39. The Bertz CT molecular complexity index is 406. The van der Waals surface area contributed by atoms with Crippen LogP contribution in [0.25, 0.3) is 0 Å². The highest BCUT2D eigenvalue weighted by molar-refractivity contribution is 14.1. The number of amides is 1. The lowest BCUT2D eigenvalue weighted by atomic mass is 10.1. The first-order valence-electron chi connectivity index (χ1n) is 4.74. The third-order valence-corrected chi connectivity index (χ3v) is 3.11. The maximum Gasteiger partial charge on any atom is 0.326 e. The molecule has 0 saturated carbocycles. The van der Waals surface area contributed by atoms with E-state index in [1.807, 2.05) is 24.3 Å². The zero-order valence-electron chi connectivity index (χ0n) is 8.74. The molecule has 0 heterocycles. The summed E-state index contributed by atoms with van der Waals surface area (Å²) in [4.78, 5) is 21.8. The van der Waals surface area contributed by atoms with Crippen molar-refractivity contribution in [2.24, 2.45) is 0 Å².